The second kappa shape index (κ2) is 6.55. The van der Waals surface area contributed by atoms with Gasteiger partial charge in [-0.15, -0.1) is 0 Å². The molecule has 4 heteroatoms. The predicted molar refractivity (Wildman–Crippen MR) is 65.5 cm³/mol. The van der Waals surface area contributed by atoms with Crippen LogP contribution in [0.3, 0.4) is 0 Å². The van der Waals surface area contributed by atoms with Crippen molar-refractivity contribution in [1.82, 2.24) is 9.80 Å². The van der Waals surface area contributed by atoms with Crippen molar-refractivity contribution >= 4 is 0 Å². The van der Waals surface area contributed by atoms with E-state index < -0.39 is 0 Å². The molecule has 0 amide bonds. The molecule has 2 rings (SSSR count). The van der Waals surface area contributed by atoms with Crippen LogP contribution in [0, 0.1) is 0 Å². The Bertz CT molecular complexity index is 195. The maximum absolute atomic E-state index is 5.43. The molecule has 1 atom stereocenters. The third-order valence-corrected chi connectivity index (χ3v) is 3.72. The van der Waals surface area contributed by atoms with Gasteiger partial charge in [-0.2, -0.15) is 0 Å². The lowest BCUT2D eigenvalue weighted by molar-refractivity contribution is 0.114. The zero-order chi connectivity index (χ0) is 11.2. The summed E-state index contributed by atoms with van der Waals surface area (Å²) in [5.41, 5.74) is 5.38. The van der Waals surface area contributed by atoms with E-state index in [0.29, 0.717) is 13.2 Å². The van der Waals surface area contributed by atoms with Crippen LogP contribution >= 0.6 is 0 Å². The van der Waals surface area contributed by atoms with Crippen LogP contribution in [0.4, 0.5) is 0 Å². The van der Waals surface area contributed by atoms with Gasteiger partial charge >= 0.3 is 0 Å². The van der Waals surface area contributed by atoms with E-state index in [4.69, 9.17) is 10.5 Å². The van der Waals surface area contributed by atoms with Gasteiger partial charge in [0.1, 0.15) is 0 Å². The molecule has 2 fully saturated rings. The summed E-state index contributed by atoms with van der Waals surface area (Å²) in [4.78, 5) is 5.19. The highest BCUT2D eigenvalue weighted by molar-refractivity contribution is 4.85. The highest BCUT2D eigenvalue weighted by Gasteiger charge is 2.28. The Kier molecular flexibility index (Phi) is 5.03. The van der Waals surface area contributed by atoms with Gasteiger partial charge in [0.25, 0.3) is 0 Å². The van der Waals surface area contributed by atoms with Crippen molar-refractivity contribution in [2.45, 2.75) is 25.3 Å². The summed E-state index contributed by atoms with van der Waals surface area (Å²) in [5.74, 6) is 0. The van der Waals surface area contributed by atoms with Crippen LogP contribution in [0.2, 0.25) is 0 Å². The van der Waals surface area contributed by atoms with Crippen molar-refractivity contribution in [3.8, 4) is 0 Å². The van der Waals surface area contributed by atoms with Crippen LogP contribution in [0.25, 0.3) is 0 Å². The number of rotatable bonds is 6. The van der Waals surface area contributed by atoms with Gasteiger partial charge in [0.2, 0.25) is 0 Å². The Labute approximate surface area is 98.7 Å². The van der Waals surface area contributed by atoms with Gasteiger partial charge in [0, 0.05) is 25.7 Å². The second-order valence-corrected chi connectivity index (χ2v) is 4.89. The number of nitrogens with zero attached hydrogens (tertiary/aromatic N) is 2. The van der Waals surface area contributed by atoms with Crippen molar-refractivity contribution in [3.63, 3.8) is 0 Å². The highest BCUT2D eigenvalue weighted by Crippen LogP contribution is 2.19. The highest BCUT2D eigenvalue weighted by atomic mass is 16.5. The Morgan fingerprint density at radius 1 is 1.12 bits per heavy atom. The molecule has 94 valence electrons. The standard InChI is InChI=1S/C12H25N3O/c13-4-9-16-10-8-14-7-3-12(11-14)15-5-1-2-6-15/h12H,1-11,13H2. The van der Waals surface area contributed by atoms with E-state index in [9.17, 15) is 0 Å². The van der Waals surface area contributed by atoms with E-state index in [-0.39, 0.29) is 0 Å². The fourth-order valence-electron chi connectivity index (χ4n) is 2.80. The fourth-order valence-corrected chi connectivity index (χ4v) is 2.80. The lowest BCUT2D eigenvalue weighted by Crippen LogP contribution is -2.36. The number of likely N-dealkylation sites (tertiary alicyclic amines) is 2. The summed E-state index contributed by atoms with van der Waals surface area (Å²) in [5, 5.41) is 0. The number of hydrogen-bond acceptors (Lipinski definition) is 4. The van der Waals surface area contributed by atoms with E-state index in [2.05, 4.69) is 9.80 Å². The van der Waals surface area contributed by atoms with Gasteiger partial charge < -0.3 is 10.5 Å². The summed E-state index contributed by atoms with van der Waals surface area (Å²) in [7, 11) is 0. The van der Waals surface area contributed by atoms with Crippen molar-refractivity contribution in [2.24, 2.45) is 5.73 Å². The third-order valence-electron chi connectivity index (χ3n) is 3.72. The Balaban J connectivity index is 1.59. The molecule has 0 aromatic carbocycles. The summed E-state index contributed by atoms with van der Waals surface area (Å²) < 4.78 is 5.43. The topological polar surface area (TPSA) is 41.7 Å². The van der Waals surface area contributed by atoms with E-state index >= 15 is 0 Å². The Morgan fingerprint density at radius 3 is 2.69 bits per heavy atom. The first-order valence-corrected chi connectivity index (χ1v) is 6.64. The first-order chi connectivity index (χ1) is 7.90. The van der Waals surface area contributed by atoms with Gasteiger partial charge in [-0.25, -0.2) is 0 Å². The average Bonchev–Trinajstić information content (AvgIpc) is 2.94. The summed E-state index contributed by atoms with van der Waals surface area (Å²) in [6.07, 6.45) is 4.14. The molecule has 0 aliphatic carbocycles. The Morgan fingerprint density at radius 2 is 1.94 bits per heavy atom. The van der Waals surface area contributed by atoms with Crippen LogP contribution in [0.5, 0.6) is 0 Å². The second-order valence-electron chi connectivity index (χ2n) is 4.89. The molecule has 2 saturated heterocycles. The fraction of sp³-hybridized carbons (Fsp3) is 1.00. The molecular weight excluding hydrogens is 202 g/mol. The van der Waals surface area contributed by atoms with Crippen LogP contribution < -0.4 is 5.73 Å². The van der Waals surface area contributed by atoms with Crippen molar-refractivity contribution < 1.29 is 4.74 Å². The van der Waals surface area contributed by atoms with Gasteiger partial charge in [-0.05, 0) is 38.9 Å². The minimum absolute atomic E-state index is 0.635. The molecule has 0 aromatic rings. The molecule has 0 radical (unpaired) electrons. The molecule has 0 saturated carbocycles. The van der Waals surface area contributed by atoms with Crippen molar-refractivity contribution in [3.05, 3.63) is 0 Å². The van der Waals surface area contributed by atoms with Gasteiger partial charge in [0.15, 0.2) is 0 Å². The molecule has 4 nitrogen and oxygen atoms in total. The molecule has 2 aliphatic rings. The normalized spacial score (nSPS) is 27.9. The van der Waals surface area contributed by atoms with Crippen LogP contribution in [0.1, 0.15) is 19.3 Å². The molecule has 2 aliphatic heterocycles. The monoisotopic (exact) mass is 227 g/mol. The molecular formula is C12H25N3O. The Hall–Kier alpha value is -0.160. The molecule has 0 aromatic heterocycles. The third kappa shape index (κ3) is 3.42. The summed E-state index contributed by atoms with van der Waals surface area (Å²) in [6.45, 7) is 8.37. The van der Waals surface area contributed by atoms with Gasteiger partial charge in [0.05, 0.1) is 13.2 Å². The lowest BCUT2D eigenvalue weighted by atomic mass is 10.2. The van der Waals surface area contributed by atoms with Crippen molar-refractivity contribution in [2.75, 3.05) is 52.5 Å². The number of ether oxygens (including phenoxy) is 1. The summed E-state index contributed by atoms with van der Waals surface area (Å²) >= 11 is 0. The minimum atomic E-state index is 0.635. The van der Waals surface area contributed by atoms with Crippen LogP contribution in [-0.4, -0.2) is 68.3 Å². The maximum atomic E-state index is 5.43. The minimum Gasteiger partial charge on any atom is -0.379 e. The molecule has 0 bridgehead atoms. The van der Waals surface area contributed by atoms with E-state index in [0.717, 1.165) is 19.2 Å². The quantitative estimate of drug-likeness (QED) is 0.655. The van der Waals surface area contributed by atoms with E-state index in [1.54, 1.807) is 0 Å². The number of nitrogens with two attached hydrogens (primary N) is 1. The van der Waals surface area contributed by atoms with Crippen LogP contribution in [0.15, 0.2) is 0 Å². The lowest BCUT2D eigenvalue weighted by Gasteiger charge is -2.23. The van der Waals surface area contributed by atoms with Gasteiger partial charge in [-0.1, -0.05) is 0 Å². The molecule has 1 unspecified atom stereocenters. The zero-order valence-electron chi connectivity index (χ0n) is 10.2. The van der Waals surface area contributed by atoms with Gasteiger partial charge in [-0.3, -0.25) is 9.80 Å². The summed E-state index contributed by atoms with van der Waals surface area (Å²) in [6, 6.07) is 0.817. The maximum Gasteiger partial charge on any atom is 0.0594 e. The zero-order valence-corrected chi connectivity index (χ0v) is 10.2. The van der Waals surface area contributed by atoms with E-state index in [1.165, 1.54) is 45.4 Å². The molecule has 0 spiro atoms. The molecule has 2 heterocycles. The average molecular weight is 227 g/mol. The largest absolute Gasteiger partial charge is 0.379 e. The predicted octanol–water partition coefficient (Wildman–Crippen LogP) is 0.132. The van der Waals surface area contributed by atoms with Crippen LogP contribution in [-0.2, 0) is 4.74 Å². The smallest absolute Gasteiger partial charge is 0.0594 e. The first kappa shape index (κ1) is 12.3. The molecule has 16 heavy (non-hydrogen) atoms. The van der Waals surface area contributed by atoms with E-state index in [1.807, 2.05) is 0 Å². The first-order valence-electron chi connectivity index (χ1n) is 6.64. The number of hydrogen-bond donors (Lipinski definition) is 1. The SMILES string of the molecule is NCCOCCN1CCC(N2CCCC2)C1. The van der Waals surface area contributed by atoms with Crippen molar-refractivity contribution in [1.29, 1.82) is 0 Å². The molecule has 2 N–H and O–H groups in total.